The third-order valence-electron chi connectivity index (χ3n) is 1.59. The molecule has 0 radical (unpaired) electrons. The van der Waals surface area contributed by atoms with Crippen molar-refractivity contribution in [3.63, 3.8) is 0 Å². The number of hydrogen-bond acceptors (Lipinski definition) is 2. The van der Waals surface area contributed by atoms with Crippen LogP contribution >= 0.6 is 0 Å². The molecule has 2 nitrogen and oxygen atoms in total. The first kappa shape index (κ1) is 8.78. The molecule has 0 amide bonds. The van der Waals surface area contributed by atoms with Crippen LogP contribution in [0, 0.1) is 0 Å². The van der Waals surface area contributed by atoms with Crippen LogP contribution in [-0.4, -0.2) is 6.29 Å². The summed E-state index contributed by atoms with van der Waals surface area (Å²) in [5.74, 6) is 1.69. The lowest BCUT2D eigenvalue weighted by Gasteiger charge is -1.88. The number of rotatable bonds is 3. The lowest BCUT2D eigenvalue weighted by Crippen LogP contribution is -1.74. The molecule has 0 atom stereocenters. The van der Waals surface area contributed by atoms with Crippen LogP contribution in [0.5, 0.6) is 0 Å². The molecular weight excluding hydrogens is 152 g/mol. The fourth-order valence-electron chi connectivity index (χ4n) is 0.921. The van der Waals surface area contributed by atoms with Crippen LogP contribution in [0.1, 0.15) is 25.4 Å². The fourth-order valence-corrected chi connectivity index (χ4v) is 0.921. The molecule has 0 spiro atoms. The topological polar surface area (TPSA) is 30.2 Å². The van der Waals surface area contributed by atoms with Crippen molar-refractivity contribution in [3.8, 4) is 0 Å². The minimum Gasteiger partial charge on any atom is -0.462 e. The van der Waals surface area contributed by atoms with Crippen molar-refractivity contribution < 1.29 is 9.21 Å². The summed E-state index contributed by atoms with van der Waals surface area (Å²) in [6, 6.07) is 3.79. The van der Waals surface area contributed by atoms with E-state index in [4.69, 9.17) is 4.42 Å². The molecule has 0 aliphatic rings. The predicted molar refractivity (Wildman–Crippen MR) is 47.8 cm³/mol. The summed E-state index contributed by atoms with van der Waals surface area (Å²) in [4.78, 5) is 10.3. The third-order valence-corrected chi connectivity index (χ3v) is 1.59. The van der Waals surface area contributed by atoms with E-state index in [1.165, 1.54) is 0 Å². The molecule has 0 bridgehead atoms. The summed E-state index contributed by atoms with van der Waals surface area (Å²) < 4.78 is 5.37. The highest BCUT2D eigenvalue weighted by Crippen LogP contribution is 2.11. The van der Waals surface area contributed by atoms with E-state index >= 15 is 0 Å². The smallest absolute Gasteiger partial charge is 0.145 e. The van der Waals surface area contributed by atoms with E-state index in [0.29, 0.717) is 5.57 Å². The van der Waals surface area contributed by atoms with Gasteiger partial charge >= 0.3 is 0 Å². The zero-order valence-corrected chi connectivity index (χ0v) is 7.33. The number of aryl methyl sites for hydroxylation is 1. The van der Waals surface area contributed by atoms with Crippen LogP contribution in [-0.2, 0) is 11.2 Å². The van der Waals surface area contributed by atoms with Crippen LogP contribution in [0.15, 0.2) is 22.1 Å². The molecule has 0 saturated carbocycles. The van der Waals surface area contributed by atoms with E-state index in [0.717, 1.165) is 24.2 Å². The number of carbonyl (C=O) groups is 1. The maximum atomic E-state index is 10.3. The Morgan fingerprint density at radius 1 is 1.58 bits per heavy atom. The molecule has 0 N–H and O–H groups in total. The lowest BCUT2D eigenvalue weighted by atomic mass is 10.3. The highest BCUT2D eigenvalue weighted by molar-refractivity contribution is 5.79. The van der Waals surface area contributed by atoms with Gasteiger partial charge < -0.3 is 4.42 Å². The molecular formula is C10H12O2. The van der Waals surface area contributed by atoms with Crippen LogP contribution in [0.25, 0.3) is 6.08 Å². The zero-order chi connectivity index (χ0) is 8.97. The van der Waals surface area contributed by atoms with Gasteiger partial charge in [-0.1, -0.05) is 6.92 Å². The first-order valence-electron chi connectivity index (χ1n) is 3.98. The fraction of sp³-hybridized carbons (Fsp3) is 0.300. The van der Waals surface area contributed by atoms with Crippen LogP contribution < -0.4 is 0 Å². The number of hydrogen-bond donors (Lipinski definition) is 0. The predicted octanol–water partition coefficient (Wildman–Crippen LogP) is 2.44. The highest BCUT2D eigenvalue weighted by atomic mass is 16.3. The van der Waals surface area contributed by atoms with Crippen LogP contribution in [0.2, 0.25) is 0 Å². The van der Waals surface area contributed by atoms with Crippen molar-refractivity contribution in [2.24, 2.45) is 0 Å². The van der Waals surface area contributed by atoms with Gasteiger partial charge in [-0.05, 0) is 30.7 Å². The van der Waals surface area contributed by atoms with Gasteiger partial charge in [0.15, 0.2) is 0 Å². The van der Waals surface area contributed by atoms with Gasteiger partial charge in [0.1, 0.15) is 17.8 Å². The summed E-state index contributed by atoms with van der Waals surface area (Å²) >= 11 is 0. The van der Waals surface area contributed by atoms with Crippen molar-refractivity contribution in [1.29, 1.82) is 0 Å². The molecule has 64 valence electrons. The monoisotopic (exact) mass is 164 g/mol. The number of carbonyl (C=O) groups excluding carboxylic acids is 1. The first-order chi connectivity index (χ1) is 5.76. The Balaban J connectivity index is 2.82. The Labute approximate surface area is 71.9 Å². The molecule has 0 saturated heterocycles. The van der Waals surface area contributed by atoms with Gasteiger partial charge in [0.25, 0.3) is 0 Å². The number of furan rings is 1. The van der Waals surface area contributed by atoms with Crippen molar-refractivity contribution >= 4 is 12.4 Å². The van der Waals surface area contributed by atoms with Crippen LogP contribution in [0.4, 0.5) is 0 Å². The standard InChI is InChI=1S/C10H12O2/c1-3-9-4-5-10(12-9)6-8(2)7-11/h4-7H,3H2,1-2H3. The molecule has 1 aromatic heterocycles. The summed E-state index contributed by atoms with van der Waals surface area (Å²) in [7, 11) is 0. The average Bonchev–Trinajstić information content (AvgIpc) is 2.52. The molecule has 1 heterocycles. The molecule has 1 aromatic rings. The number of allylic oxidation sites excluding steroid dienone is 1. The largest absolute Gasteiger partial charge is 0.462 e. The molecule has 0 aliphatic heterocycles. The maximum Gasteiger partial charge on any atom is 0.145 e. The summed E-state index contributed by atoms with van der Waals surface area (Å²) in [6.07, 6.45) is 3.42. The summed E-state index contributed by atoms with van der Waals surface area (Å²) in [6.45, 7) is 3.78. The Bertz CT molecular complexity index is 295. The Kier molecular flexibility index (Phi) is 2.86. The second kappa shape index (κ2) is 3.90. The van der Waals surface area contributed by atoms with E-state index in [1.807, 2.05) is 19.1 Å². The summed E-state index contributed by atoms with van der Waals surface area (Å²) in [5, 5.41) is 0. The molecule has 1 rings (SSSR count). The van der Waals surface area contributed by atoms with Crippen molar-refractivity contribution in [2.45, 2.75) is 20.3 Å². The lowest BCUT2D eigenvalue weighted by molar-refractivity contribution is -0.104. The van der Waals surface area contributed by atoms with Crippen LogP contribution in [0.3, 0.4) is 0 Å². The van der Waals surface area contributed by atoms with Gasteiger partial charge in [0.2, 0.25) is 0 Å². The minimum atomic E-state index is 0.673. The molecule has 12 heavy (non-hydrogen) atoms. The van der Waals surface area contributed by atoms with E-state index < -0.39 is 0 Å². The molecule has 2 heteroatoms. The van der Waals surface area contributed by atoms with Gasteiger partial charge in [-0.25, -0.2) is 0 Å². The van der Waals surface area contributed by atoms with Gasteiger partial charge in [-0.15, -0.1) is 0 Å². The highest BCUT2D eigenvalue weighted by Gasteiger charge is 1.96. The Morgan fingerprint density at radius 3 is 2.83 bits per heavy atom. The molecule has 0 unspecified atom stereocenters. The maximum absolute atomic E-state index is 10.3. The van der Waals surface area contributed by atoms with Gasteiger partial charge in [-0.3, -0.25) is 4.79 Å². The van der Waals surface area contributed by atoms with Gasteiger partial charge in [-0.2, -0.15) is 0 Å². The van der Waals surface area contributed by atoms with Crippen molar-refractivity contribution in [2.75, 3.05) is 0 Å². The van der Waals surface area contributed by atoms with E-state index in [-0.39, 0.29) is 0 Å². The Morgan fingerprint density at radius 2 is 2.33 bits per heavy atom. The minimum absolute atomic E-state index is 0.673. The molecule has 0 aromatic carbocycles. The van der Waals surface area contributed by atoms with Crippen molar-refractivity contribution in [1.82, 2.24) is 0 Å². The van der Waals surface area contributed by atoms with Gasteiger partial charge in [0.05, 0.1) is 0 Å². The quantitative estimate of drug-likeness (QED) is 0.507. The first-order valence-corrected chi connectivity index (χ1v) is 3.98. The van der Waals surface area contributed by atoms with Crippen molar-refractivity contribution in [3.05, 3.63) is 29.2 Å². The molecule has 0 aliphatic carbocycles. The second-order valence-electron chi connectivity index (χ2n) is 2.66. The average molecular weight is 164 g/mol. The SMILES string of the molecule is CCc1ccc(C=C(C)C=O)o1. The number of aldehydes is 1. The normalized spacial score (nSPS) is 11.7. The van der Waals surface area contributed by atoms with Gasteiger partial charge in [0, 0.05) is 6.42 Å². The Hall–Kier alpha value is -1.31. The molecule has 0 fully saturated rings. The zero-order valence-electron chi connectivity index (χ0n) is 7.33. The summed E-state index contributed by atoms with van der Waals surface area (Å²) in [5.41, 5.74) is 0.673. The van der Waals surface area contributed by atoms with E-state index in [2.05, 4.69) is 0 Å². The van der Waals surface area contributed by atoms with E-state index in [9.17, 15) is 4.79 Å². The second-order valence-corrected chi connectivity index (χ2v) is 2.66. The van der Waals surface area contributed by atoms with E-state index in [1.54, 1.807) is 13.0 Å². The third kappa shape index (κ3) is 2.09.